The molecular weight excluding hydrogens is 419 g/mol. The zero-order chi connectivity index (χ0) is 21.3. The van der Waals surface area contributed by atoms with Crippen molar-refractivity contribution in [3.63, 3.8) is 0 Å². The molecule has 7 heteroatoms. The Hall–Kier alpha value is -2.76. The van der Waals surface area contributed by atoms with E-state index in [-0.39, 0.29) is 18.4 Å². The van der Waals surface area contributed by atoms with Gasteiger partial charge in [0, 0.05) is 45.3 Å². The van der Waals surface area contributed by atoms with E-state index in [0.29, 0.717) is 16.6 Å². The highest BCUT2D eigenvalue weighted by Crippen LogP contribution is 2.35. The Bertz CT molecular complexity index is 1210. The van der Waals surface area contributed by atoms with Gasteiger partial charge >= 0.3 is 0 Å². The number of benzene rings is 2. The van der Waals surface area contributed by atoms with E-state index in [1.165, 1.54) is 0 Å². The van der Waals surface area contributed by atoms with Crippen molar-refractivity contribution in [3.05, 3.63) is 87.3 Å². The normalized spacial score (nSPS) is 12.3. The van der Waals surface area contributed by atoms with Crippen LogP contribution in [0.4, 0.5) is 0 Å². The van der Waals surface area contributed by atoms with Crippen molar-refractivity contribution in [1.82, 2.24) is 20.1 Å². The maximum absolute atomic E-state index is 12.6. The smallest absolute Gasteiger partial charge is 0.241 e. The summed E-state index contributed by atoms with van der Waals surface area (Å²) in [5.74, 6) is -0.230. The molecule has 30 heavy (non-hydrogen) atoms. The van der Waals surface area contributed by atoms with Crippen molar-refractivity contribution in [2.75, 3.05) is 6.54 Å². The lowest BCUT2D eigenvalue weighted by Crippen LogP contribution is -2.32. The van der Waals surface area contributed by atoms with Crippen LogP contribution in [0.15, 0.2) is 54.7 Å². The second-order valence-corrected chi connectivity index (χ2v) is 8.24. The average Bonchev–Trinajstić information content (AvgIpc) is 3.26. The van der Waals surface area contributed by atoms with Crippen molar-refractivity contribution >= 4 is 40.0 Å². The first-order valence-electron chi connectivity index (χ1n) is 9.71. The Kier molecular flexibility index (Phi) is 5.84. The molecule has 0 aliphatic rings. The minimum Gasteiger partial charge on any atom is -0.361 e. The number of fused-ring (bicyclic) bond motifs is 1. The van der Waals surface area contributed by atoms with Crippen LogP contribution in [-0.2, 0) is 11.3 Å². The third-order valence-corrected chi connectivity index (χ3v) is 5.80. The van der Waals surface area contributed by atoms with E-state index in [9.17, 15) is 4.79 Å². The molecule has 1 amide bonds. The van der Waals surface area contributed by atoms with Gasteiger partial charge in [0.25, 0.3) is 0 Å². The summed E-state index contributed by atoms with van der Waals surface area (Å²) in [5.41, 5.74) is 4.87. The van der Waals surface area contributed by atoms with Crippen LogP contribution in [0.3, 0.4) is 0 Å². The molecule has 0 aliphatic carbocycles. The number of carbonyl (C=O) groups is 1. The third kappa shape index (κ3) is 4.23. The molecule has 0 saturated heterocycles. The Morgan fingerprint density at radius 1 is 1.13 bits per heavy atom. The number of rotatable bonds is 6. The number of carbonyl (C=O) groups excluding carboxylic acids is 1. The molecule has 0 aliphatic heterocycles. The molecule has 0 saturated carbocycles. The predicted octanol–water partition coefficient (Wildman–Crippen LogP) is 5.24. The molecule has 0 bridgehead atoms. The quantitative estimate of drug-likeness (QED) is 0.430. The number of aromatic nitrogens is 3. The summed E-state index contributed by atoms with van der Waals surface area (Å²) in [4.78, 5) is 16.0. The van der Waals surface area contributed by atoms with Crippen molar-refractivity contribution in [2.24, 2.45) is 0 Å². The highest BCUT2D eigenvalue weighted by atomic mass is 35.5. The number of hydrogen-bond acceptors (Lipinski definition) is 2. The summed E-state index contributed by atoms with van der Waals surface area (Å²) in [6.07, 6.45) is 1.98. The van der Waals surface area contributed by atoms with Crippen LogP contribution < -0.4 is 5.32 Å². The molecule has 4 aromatic rings. The second-order valence-electron chi connectivity index (χ2n) is 7.40. The van der Waals surface area contributed by atoms with Crippen molar-refractivity contribution in [3.8, 4) is 0 Å². The van der Waals surface area contributed by atoms with Crippen LogP contribution in [-0.4, -0.2) is 27.2 Å². The van der Waals surface area contributed by atoms with Gasteiger partial charge in [-0.25, -0.2) is 0 Å². The largest absolute Gasteiger partial charge is 0.361 e. The fraction of sp³-hybridized carbons (Fsp3) is 0.217. The molecule has 2 heterocycles. The number of aromatic amines is 1. The standard InChI is InChI=1S/C23H22Cl2N4O/c1-14-9-15(2)29(28-14)13-23(30)27-12-19(17-8-7-16(24)10-21(17)25)20-11-26-22-6-4-3-5-18(20)22/h3-11,19,26H,12-13H2,1-2H3,(H,27,30). The number of hydrogen-bond donors (Lipinski definition) is 2. The van der Waals surface area contributed by atoms with Gasteiger partial charge in [0.2, 0.25) is 5.91 Å². The number of amides is 1. The second kappa shape index (κ2) is 8.54. The molecule has 0 fully saturated rings. The van der Waals surface area contributed by atoms with Crippen molar-refractivity contribution in [2.45, 2.75) is 26.3 Å². The lowest BCUT2D eigenvalue weighted by Gasteiger charge is -2.20. The SMILES string of the molecule is Cc1cc(C)n(CC(=O)NCC(c2ccc(Cl)cc2Cl)c2c[nH]c3ccccc23)n1. The van der Waals surface area contributed by atoms with Crippen LogP contribution >= 0.6 is 23.2 Å². The Morgan fingerprint density at radius 2 is 1.93 bits per heavy atom. The molecule has 2 N–H and O–H groups in total. The van der Waals surface area contributed by atoms with Gasteiger partial charge in [0.15, 0.2) is 0 Å². The van der Waals surface area contributed by atoms with Crippen LogP contribution in [0.5, 0.6) is 0 Å². The summed E-state index contributed by atoms with van der Waals surface area (Å²) >= 11 is 12.6. The van der Waals surface area contributed by atoms with Gasteiger partial charge in [0.1, 0.15) is 6.54 Å². The molecule has 154 valence electrons. The molecule has 2 aromatic heterocycles. The minimum absolute atomic E-state index is 0.101. The fourth-order valence-electron chi connectivity index (χ4n) is 3.80. The molecule has 5 nitrogen and oxygen atoms in total. The molecule has 0 radical (unpaired) electrons. The van der Waals surface area contributed by atoms with E-state index in [1.807, 2.05) is 56.4 Å². The summed E-state index contributed by atoms with van der Waals surface area (Å²) in [6, 6.07) is 15.5. The lowest BCUT2D eigenvalue weighted by atomic mass is 9.90. The summed E-state index contributed by atoms with van der Waals surface area (Å²) in [6.45, 7) is 4.43. The van der Waals surface area contributed by atoms with Gasteiger partial charge in [-0.05, 0) is 49.2 Å². The average molecular weight is 441 g/mol. The van der Waals surface area contributed by atoms with E-state index in [1.54, 1.807) is 10.7 Å². The zero-order valence-corrected chi connectivity index (χ0v) is 18.3. The predicted molar refractivity (Wildman–Crippen MR) is 121 cm³/mol. The van der Waals surface area contributed by atoms with Crippen LogP contribution in [0.2, 0.25) is 10.0 Å². The lowest BCUT2D eigenvalue weighted by molar-refractivity contribution is -0.121. The fourth-order valence-corrected chi connectivity index (χ4v) is 4.34. The number of halogens is 2. The van der Waals surface area contributed by atoms with E-state index >= 15 is 0 Å². The Morgan fingerprint density at radius 3 is 2.67 bits per heavy atom. The molecule has 1 unspecified atom stereocenters. The van der Waals surface area contributed by atoms with E-state index in [0.717, 1.165) is 33.4 Å². The summed E-state index contributed by atoms with van der Waals surface area (Å²) in [5, 5.41) is 9.67. The van der Waals surface area contributed by atoms with Crippen LogP contribution in [0.1, 0.15) is 28.4 Å². The van der Waals surface area contributed by atoms with E-state index in [2.05, 4.69) is 21.5 Å². The van der Waals surface area contributed by atoms with Gasteiger partial charge in [0.05, 0.1) is 5.69 Å². The zero-order valence-electron chi connectivity index (χ0n) is 16.7. The molecule has 2 aromatic carbocycles. The summed E-state index contributed by atoms with van der Waals surface area (Å²) in [7, 11) is 0. The first-order chi connectivity index (χ1) is 14.4. The maximum Gasteiger partial charge on any atom is 0.241 e. The van der Waals surface area contributed by atoms with Gasteiger partial charge in [-0.15, -0.1) is 0 Å². The van der Waals surface area contributed by atoms with E-state index in [4.69, 9.17) is 23.2 Å². The molecule has 0 spiro atoms. The molecule has 1 atom stereocenters. The maximum atomic E-state index is 12.6. The first kappa shape index (κ1) is 20.5. The van der Waals surface area contributed by atoms with Gasteiger partial charge in [-0.1, -0.05) is 47.5 Å². The van der Waals surface area contributed by atoms with Gasteiger partial charge in [-0.2, -0.15) is 5.10 Å². The monoisotopic (exact) mass is 440 g/mol. The molecular formula is C23H22Cl2N4O. The number of H-pyrrole nitrogens is 1. The van der Waals surface area contributed by atoms with Gasteiger partial charge < -0.3 is 10.3 Å². The minimum atomic E-state index is -0.129. The highest BCUT2D eigenvalue weighted by molar-refractivity contribution is 6.35. The van der Waals surface area contributed by atoms with Crippen LogP contribution in [0, 0.1) is 13.8 Å². The number of para-hydroxylation sites is 1. The Balaban J connectivity index is 1.62. The Labute approximate surface area is 185 Å². The third-order valence-electron chi connectivity index (χ3n) is 5.23. The topological polar surface area (TPSA) is 62.7 Å². The van der Waals surface area contributed by atoms with Gasteiger partial charge in [-0.3, -0.25) is 9.48 Å². The highest BCUT2D eigenvalue weighted by Gasteiger charge is 2.22. The van der Waals surface area contributed by atoms with E-state index < -0.39 is 0 Å². The number of nitrogens with one attached hydrogen (secondary N) is 2. The number of nitrogens with zero attached hydrogens (tertiary/aromatic N) is 2. The number of aryl methyl sites for hydroxylation is 2. The van der Waals surface area contributed by atoms with Crippen LogP contribution in [0.25, 0.3) is 10.9 Å². The molecule has 4 rings (SSSR count). The first-order valence-corrected chi connectivity index (χ1v) is 10.5. The van der Waals surface area contributed by atoms with Crippen molar-refractivity contribution in [1.29, 1.82) is 0 Å². The summed E-state index contributed by atoms with van der Waals surface area (Å²) < 4.78 is 1.71. The van der Waals surface area contributed by atoms with Crippen molar-refractivity contribution < 1.29 is 4.79 Å².